The highest BCUT2D eigenvalue weighted by Gasteiger charge is 2.05. The summed E-state index contributed by atoms with van der Waals surface area (Å²) in [5, 5.41) is 13.4. The van der Waals surface area contributed by atoms with Gasteiger partial charge in [0.05, 0.1) is 0 Å². The van der Waals surface area contributed by atoms with Gasteiger partial charge in [0.1, 0.15) is 5.00 Å². The third-order valence-electron chi connectivity index (χ3n) is 1.51. The predicted molar refractivity (Wildman–Crippen MR) is 45.4 cm³/mol. The maximum Gasteiger partial charge on any atom is 0.409 e. The van der Waals surface area contributed by atoms with E-state index in [0.717, 1.165) is 16.1 Å². The molecule has 0 aliphatic heterocycles. The molecule has 0 unspecified atom stereocenters. The minimum absolute atomic E-state index is 0.718. The van der Waals surface area contributed by atoms with E-state index in [9.17, 15) is 4.79 Å². The van der Waals surface area contributed by atoms with E-state index >= 15 is 0 Å². The van der Waals surface area contributed by atoms with Gasteiger partial charge in [-0.05, 0) is 30.4 Å². The average Bonchev–Trinajstić information content (AvgIpc) is 2.18. The molecule has 0 radical (unpaired) electrons. The number of carbonyl (C=O) groups is 1. The summed E-state index contributed by atoms with van der Waals surface area (Å²) >= 11 is 1.41. The third-order valence-corrected chi connectivity index (χ3v) is 2.62. The van der Waals surface area contributed by atoms with E-state index in [0.29, 0.717) is 0 Å². The maximum absolute atomic E-state index is 10.2. The van der Waals surface area contributed by atoms with Crippen molar-refractivity contribution < 1.29 is 9.90 Å². The van der Waals surface area contributed by atoms with E-state index in [1.807, 2.05) is 19.2 Å². The molecule has 0 aromatic carbocycles. The number of amides is 1. The zero-order valence-corrected chi connectivity index (χ0v) is 7.16. The number of thiophene rings is 1. The Hall–Kier alpha value is -1.03. The van der Waals surface area contributed by atoms with E-state index in [2.05, 4.69) is 5.32 Å². The fourth-order valence-electron chi connectivity index (χ4n) is 0.724. The molecule has 0 aliphatic rings. The molecule has 0 atom stereocenters. The summed E-state index contributed by atoms with van der Waals surface area (Å²) in [7, 11) is 0. The molecule has 0 saturated carbocycles. The molecule has 0 saturated heterocycles. The van der Waals surface area contributed by atoms with Crippen molar-refractivity contribution >= 4 is 22.4 Å². The van der Waals surface area contributed by atoms with Gasteiger partial charge in [0, 0.05) is 0 Å². The highest BCUT2D eigenvalue weighted by molar-refractivity contribution is 7.14. The Balaban J connectivity index is 2.87. The van der Waals surface area contributed by atoms with E-state index in [1.165, 1.54) is 11.3 Å². The Morgan fingerprint density at radius 2 is 2.27 bits per heavy atom. The van der Waals surface area contributed by atoms with Gasteiger partial charge in [0.2, 0.25) is 0 Å². The summed E-state index contributed by atoms with van der Waals surface area (Å²) in [6.07, 6.45) is -1.00. The fourth-order valence-corrected chi connectivity index (χ4v) is 1.68. The van der Waals surface area contributed by atoms with Crippen LogP contribution in [0.25, 0.3) is 0 Å². The monoisotopic (exact) mass is 171 g/mol. The second kappa shape index (κ2) is 2.92. The van der Waals surface area contributed by atoms with Gasteiger partial charge in [-0.2, -0.15) is 0 Å². The van der Waals surface area contributed by atoms with Gasteiger partial charge >= 0.3 is 6.09 Å². The highest BCUT2D eigenvalue weighted by Crippen LogP contribution is 2.25. The molecule has 1 aromatic rings. The Morgan fingerprint density at radius 1 is 1.64 bits per heavy atom. The van der Waals surface area contributed by atoms with Crippen molar-refractivity contribution in [2.75, 3.05) is 5.32 Å². The zero-order valence-electron chi connectivity index (χ0n) is 6.34. The van der Waals surface area contributed by atoms with Crippen LogP contribution in [0.4, 0.5) is 9.80 Å². The van der Waals surface area contributed by atoms with Crippen LogP contribution in [0.15, 0.2) is 5.38 Å². The van der Waals surface area contributed by atoms with Gasteiger partial charge in [-0.15, -0.1) is 11.3 Å². The number of anilines is 1. The van der Waals surface area contributed by atoms with Gasteiger partial charge in [0.25, 0.3) is 0 Å². The molecular weight excluding hydrogens is 162 g/mol. The molecule has 2 N–H and O–H groups in total. The zero-order chi connectivity index (χ0) is 8.43. The topological polar surface area (TPSA) is 49.3 Å². The molecule has 0 bridgehead atoms. The number of carboxylic acid groups (broad SMARTS) is 1. The van der Waals surface area contributed by atoms with Gasteiger partial charge in [-0.25, -0.2) is 4.79 Å². The summed E-state index contributed by atoms with van der Waals surface area (Å²) in [4.78, 5) is 10.2. The van der Waals surface area contributed by atoms with Crippen molar-refractivity contribution in [2.45, 2.75) is 13.8 Å². The fraction of sp³-hybridized carbons (Fsp3) is 0.286. The predicted octanol–water partition coefficient (Wildman–Crippen LogP) is 2.45. The molecule has 1 heterocycles. The molecule has 0 fully saturated rings. The van der Waals surface area contributed by atoms with E-state index < -0.39 is 6.09 Å². The van der Waals surface area contributed by atoms with Crippen molar-refractivity contribution in [3.63, 3.8) is 0 Å². The molecule has 1 rings (SSSR count). The number of rotatable bonds is 1. The lowest BCUT2D eigenvalue weighted by Gasteiger charge is -1.97. The third kappa shape index (κ3) is 1.71. The van der Waals surface area contributed by atoms with Crippen molar-refractivity contribution in [3.05, 3.63) is 16.5 Å². The summed E-state index contributed by atoms with van der Waals surface area (Å²) < 4.78 is 0. The van der Waals surface area contributed by atoms with Crippen molar-refractivity contribution in [1.82, 2.24) is 0 Å². The second-order valence-corrected chi connectivity index (χ2v) is 3.18. The van der Waals surface area contributed by atoms with Crippen molar-refractivity contribution in [3.8, 4) is 0 Å². The van der Waals surface area contributed by atoms with Crippen LogP contribution in [0.2, 0.25) is 0 Å². The van der Waals surface area contributed by atoms with Crippen LogP contribution in [-0.4, -0.2) is 11.2 Å². The molecule has 1 amide bonds. The number of nitrogens with one attached hydrogen (secondary N) is 1. The van der Waals surface area contributed by atoms with Gasteiger partial charge in [-0.1, -0.05) is 0 Å². The second-order valence-electron chi connectivity index (χ2n) is 2.30. The first-order valence-electron chi connectivity index (χ1n) is 3.16. The number of hydrogen-bond acceptors (Lipinski definition) is 2. The summed E-state index contributed by atoms with van der Waals surface area (Å²) in [5.41, 5.74) is 2.14. The minimum Gasteiger partial charge on any atom is -0.465 e. The Kier molecular flexibility index (Phi) is 2.14. The van der Waals surface area contributed by atoms with Crippen LogP contribution < -0.4 is 5.32 Å². The lowest BCUT2D eigenvalue weighted by molar-refractivity contribution is 0.210. The van der Waals surface area contributed by atoms with Crippen LogP contribution in [0.1, 0.15) is 11.1 Å². The van der Waals surface area contributed by atoms with Gasteiger partial charge < -0.3 is 5.11 Å². The first-order valence-corrected chi connectivity index (χ1v) is 4.04. The smallest absolute Gasteiger partial charge is 0.409 e. The van der Waals surface area contributed by atoms with Crippen molar-refractivity contribution in [1.29, 1.82) is 0 Å². The van der Waals surface area contributed by atoms with Crippen LogP contribution in [-0.2, 0) is 0 Å². The molecular formula is C7H9NO2S. The maximum atomic E-state index is 10.2. The van der Waals surface area contributed by atoms with Crippen LogP contribution >= 0.6 is 11.3 Å². The van der Waals surface area contributed by atoms with Crippen LogP contribution in [0.3, 0.4) is 0 Å². The number of aryl methyl sites for hydroxylation is 1. The average molecular weight is 171 g/mol. The number of hydrogen-bond donors (Lipinski definition) is 2. The first-order chi connectivity index (χ1) is 5.11. The minimum atomic E-state index is -1.00. The van der Waals surface area contributed by atoms with Gasteiger partial charge in [-0.3, -0.25) is 5.32 Å². The summed E-state index contributed by atoms with van der Waals surface area (Å²) in [6, 6.07) is 0. The molecule has 60 valence electrons. The molecule has 0 spiro atoms. The molecule has 0 aliphatic carbocycles. The molecule has 1 aromatic heterocycles. The summed E-state index contributed by atoms with van der Waals surface area (Å²) in [5.74, 6) is 0. The quantitative estimate of drug-likeness (QED) is 0.681. The van der Waals surface area contributed by atoms with E-state index in [1.54, 1.807) is 0 Å². The normalized spacial score (nSPS) is 9.64. The Morgan fingerprint density at radius 3 is 2.64 bits per heavy atom. The van der Waals surface area contributed by atoms with E-state index in [4.69, 9.17) is 5.11 Å². The Bertz CT molecular complexity index is 280. The SMILES string of the molecule is Cc1csc(NC(=O)O)c1C. The van der Waals surface area contributed by atoms with Crippen LogP contribution in [0, 0.1) is 13.8 Å². The van der Waals surface area contributed by atoms with Crippen molar-refractivity contribution in [2.24, 2.45) is 0 Å². The van der Waals surface area contributed by atoms with E-state index in [-0.39, 0.29) is 0 Å². The summed E-state index contributed by atoms with van der Waals surface area (Å²) in [6.45, 7) is 3.86. The molecule has 3 nitrogen and oxygen atoms in total. The standard InChI is InChI=1S/C7H9NO2S/c1-4-3-11-6(5(4)2)8-7(9)10/h3,8H,1-2H3,(H,9,10). The highest BCUT2D eigenvalue weighted by atomic mass is 32.1. The molecule has 11 heavy (non-hydrogen) atoms. The van der Waals surface area contributed by atoms with Crippen LogP contribution in [0.5, 0.6) is 0 Å². The lowest BCUT2D eigenvalue weighted by Crippen LogP contribution is -2.06. The lowest BCUT2D eigenvalue weighted by atomic mass is 10.2. The Labute approximate surface area is 68.7 Å². The van der Waals surface area contributed by atoms with Gasteiger partial charge in [0.15, 0.2) is 0 Å². The first kappa shape index (κ1) is 8.07. The largest absolute Gasteiger partial charge is 0.465 e. The molecule has 4 heteroatoms.